The summed E-state index contributed by atoms with van der Waals surface area (Å²) in [5.41, 5.74) is 3.98. The van der Waals surface area contributed by atoms with E-state index >= 15 is 0 Å². The number of hydrogen-bond donors (Lipinski definition) is 1. The molecule has 3 rings (SSSR count). The van der Waals surface area contributed by atoms with Crippen LogP contribution >= 0.6 is 12.4 Å². The predicted molar refractivity (Wildman–Crippen MR) is 108 cm³/mol. The van der Waals surface area contributed by atoms with Crippen LogP contribution in [0.3, 0.4) is 0 Å². The zero-order valence-electron chi connectivity index (χ0n) is 15.6. The molecular weight excluding hydrogens is 346 g/mol. The van der Waals surface area contributed by atoms with Gasteiger partial charge < -0.3 is 10.2 Å². The first kappa shape index (κ1) is 20.4. The molecule has 1 fully saturated rings. The molecule has 0 spiro atoms. The van der Waals surface area contributed by atoms with Crippen molar-refractivity contribution in [2.45, 2.75) is 45.7 Å². The van der Waals surface area contributed by atoms with E-state index in [1.54, 1.807) is 6.20 Å². The van der Waals surface area contributed by atoms with Gasteiger partial charge in [0.1, 0.15) is 0 Å². The highest BCUT2D eigenvalue weighted by atomic mass is 35.5. The number of carbonyl (C=O) groups is 1. The van der Waals surface area contributed by atoms with Gasteiger partial charge in [0.05, 0.1) is 12.2 Å². The first-order valence-electron chi connectivity index (χ1n) is 9.14. The lowest BCUT2D eigenvalue weighted by molar-refractivity contribution is 0.0641. The molecule has 1 aromatic heterocycles. The van der Waals surface area contributed by atoms with E-state index in [2.05, 4.69) is 23.3 Å². The quantitative estimate of drug-likeness (QED) is 0.883. The van der Waals surface area contributed by atoms with Crippen molar-refractivity contribution in [3.63, 3.8) is 0 Å². The SMILES string of the molecule is Cc1ccc(C(=O)N(Cc2ccccn2)C2CCCNCC2)c(C)c1.Cl. The molecule has 1 aliphatic heterocycles. The molecule has 2 heterocycles. The van der Waals surface area contributed by atoms with Crippen LogP contribution in [0.15, 0.2) is 42.6 Å². The van der Waals surface area contributed by atoms with Gasteiger partial charge in [-0.3, -0.25) is 9.78 Å². The van der Waals surface area contributed by atoms with E-state index < -0.39 is 0 Å². The smallest absolute Gasteiger partial charge is 0.254 e. The minimum atomic E-state index is 0. The van der Waals surface area contributed by atoms with Crippen molar-refractivity contribution in [1.29, 1.82) is 0 Å². The fourth-order valence-electron chi connectivity index (χ4n) is 3.55. The normalized spacial score (nSPS) is 17.1. The minimum Gasteiger partial charge on any atom is -0.330 e. The summed E-state index contributed by atoms with van der Waals surface area (Å²) in [6, 6.07) is 12.2. The van der Waals surface area contributed by atoms with Crippen molar-refractivity contribution in [3.05, 3.63) is 65.0 Å². The standard InChI is InChI=1S/C21H27N3O.ClH/c1-16-8-9-20(17(2)14-16)21(25)24(15-18-6-3-4-12-23-18)19-7-5-11-22-13-10-19;/h3-4,6,8-9,12,14,19,22H,5,7,10-11,13,15H2,1-2H3;1H. The minimum absolute atomic E-state index is 0. The maximum absolute atomic E-state index is 13.4. The Bertz CT molecular complexity index is 712. The number of nitrogens with zero attached hydrogens (tertiary/aromatic N) is 2. The monoisotopic (exact) mass is 373 g/mol. The highest BCUT2D eigenvalue weighted by molar-refractivity contribution is 5.95. The van der Waals surface area contributed by atoms with Crippen molar-refractivity contribution in [2.75, 3.05) is 13.1 Å². The van der Waals surface area contributed by atoms with Crippen LogP contribution in [0.2, 0.25) is 0 Å². The molecule has 4 nitrogen and oxygen atoms in total. The topological polar surface area (TPSA) is 45.2 Å². The van der Waals surface area contributed by atoms with Gasteiger partial charge in [0, 0.05) is 17.8 Å². The molecule has 0 radical (unpaired) electrons. The second-order valence-electron chi connectivity index (χ2n) is 6.91. The van der Waals surface area contributed by atoms with Crippen molar-refractivity contribution in [2.24, 2.45) is 0 Å². The third kappa shape index (κ3) is 5.05. The van der Waals surface area contributed by atoms with Gasteiger partial charge in [-0.2, -0.15) is 0 Å². The number of aromatic nitrogens is 1. The summed E-state index contributed by atoms with van der Waals surface area (Å²) in [6.45, 7) is 6.64. The van der Waals surface area contributed by atoms with E-state index in [-0.39, 0.29) is 24.4 Å². The Hall–Kier alpha value is -1.91. The summed E-state index contributed by atoms with van der Waals surface area (Å²) in [6.07, 6.45) is 4.92. The zero-order chi connectivity index (χ0) is 17.6. The second kappa shape index (κ2) is 9.70. The number of amides is 1. The van der Waals surface area contributed by atoms with Crippen molar-refractivity contribution in [1.82, 2.24) is 15.2 Å². The van der Waals surface area contributed by atoms with Gasteiger partial charge >= 0.3 is 0 Å². The first-order valence-corrected chi connectivity index (χ1v) is 9.14. The number of benzene rings is 1. The van der Waals surface area contributed by atoms with Crippen LogP contribution < -0.4 is 5.32 Å². The Morgan fingerprint density at radius 3 is 2.77 bits per heavy atom. The third-order valence-electron chi connectivity index (χ3n) is 4.92. The molecule has 1 N–H and O–H groups in total. The lowest BCUT2D eigenvalue weighted by Gasteiger charge is -2.31. The van der Waals surface area contributed by atoms with Gasteiger partial charge in [-0.05, 0) is 70.0 Å². The first-order chi connectivity index (χ1) is 12.1. The Kier molecular flexibility index (Phi) is 7.61. The van der Waals surface area contributed by atoms with Crippen LogP contribution in [-0.4, -0.2) is 34.9 Å². The molecule has 1 aromatic carbocycles. The molecule has 1 aliphatic rings. The fraction of sp³-hybridized carbons (Fsp3) is 0.429. The predicted octanol–water partition coefficient (Wildman–Crippen LogP) is 3.90. The maximum atomic E-state index is 13.4. The summed E-state index contributed by atoms with van der Waals surface area (Å²) < 4.78 is 0. The van der Waals surface area contributed by atoms with E-state index in [9.17, 15) is 4.79 Å². The molecule has 5 heteroatoms. The summed E-state index contributed by atoms with van der Waals surface area (Å²) in [5.74, 6) is 0.120. The average Bonchev–Trinajstić information content (AvgIpc) is 2.89. The summed E-state index contributed by atoms with van der Waals surface area (Å²) in [4.78, 5) is 19.8. The molecule has 0 bridgehead atoms. The maximum Gasteiger partial charge on any atom is 0.254 e. The van der Waals surface area contributed by atoms with E-state index in [1.165, 1.54) is 5.56 Å². The van der Waals surface area contributed by atoms with Crippen molar-refractivity contribution >= 4 is 18.3 Å². The van der Waals surface area contributed by atoms with E-state index in [0.717, 1.165) is 49.2 Å². The second-order valence-corrected chi connectivity index (χ2v) is 6.91. The van der Waals surface area contributed by atoms with Gasteiger partial charge in [0.25, 0.3) is 5.91 Å². The molecule has 1 unspecified atom stereocenters. The van der Waals surface area contributed by atoms with E-state index in [1.807, 2.05) is 42.2 Å². The Morgan fingerprint density at radius 2 is 2.04 bits per heavy atom. The van der Waals surface area contributed by atoms with Crippen molar-refractivity contribution < 1.29 is 4.79 Å². The Labute approximate surface area is 162 Å². The number of carbonyl (C=O) groups excluding carboxylic acids is 1. The molecule has 140 valence electrons. The van der Waals surface area contributed by atoms with Gasteiger partial charge in [-0.1, -0.05) is 23.8 Å². The number of pyridine rings is 1. The summed E-state index contributed by atoms with van der Waals surface area (Å²) in [5, 5.41) is 3.44. The van der Waals surface area contributed by atoms with E-state index in [4.69, 9.17) is 0 Å². The molecule has 26 heavy (non-hydrogen) atoms. The van der Waals surface area contributed by atoms with Gasteiger partial charge in [0.15, 0.2) is 0 Å². The van der Waals surface area contributed by atoms with Crippen LogP contribution in [0, 0.1) is 13.8 Å². The number of halogens is 1. The van der Waals surface area contributed by atoms with Crippen LogP contribution in [0.5, 0.6) is 0 Å². The number of aryl methyl sites for hydroxylation is 2. The lowest BCUT2D eigenvalue weighted by atomic mass is 10.0. The number of nitrogens with one attached hydrogen (secondary N) is 1. The third-order valence-corrected chi connectivity index (χ3v) is 4.92. The van der Waals surface area contributed by atoms with Crippen LogP contribution in [0.25, 0.3) is 0 Å². The van der Waals surface area contributed by atoms with Crippen LogP contribution in [0.1, 0.15) is 46.4 Å². The highest BCUT2D eigenvalue weighted by Crippen LogP contribution is 2.21. The highest BCUT2D eigenvalue weighted by Gasteiger charge is 2.26. The Balaban J connectivity index is 0.00000243. The van der Waals surface area contributed by atoms with Gasteiger partial charge in [0.2, 0.25) is 0 Å². The average molecular weight is 374 g/mol. The molecule has 1 atom stereocenters. The number of rotatable bonds is 4. The number of hydrogen-bond acceptors (Lipinski definition) is 3. The lowest BCUT2D eigenvalue weighted by Crippen LogP contribution is -2.40. The Morgan fingerprint density at radius 1 is 1.19 bits per heavy atom. The molecular formula is C21H28ClN3O. The summed E-state index contributed by atoms with van der Waals surface area (Å²) in [7, 11) is 0. The largest absolute Gasteiger partial charge is 0.330 e. The van der Waals surface area contributed by atoms with Gasteiger partial charge in [-0.15, -0.1) is 12.4 Å². The molecule has 2 aromatic rings. The molecule has 1 saturated heterocycles. The summed E-state index contributed by atoms with van der Waals surface area (Å²) >= 11 is 0. The van der Waals surface area contributed by atoms with Gasteiger partial charge in [-0.25, -0.2) is 0 Å². The van der Waals surface area contributed by atoms with Crippen LogP contribution in [0.4, 0.5) is 0 Å². The van der Waals surface area contributed by atoms with E-state index in [0.29, 0.717) is 6.54 Å². The van der Waals surface area contributed by atoms with Crippen molar-refractivity contribution in [3.8, 4) is 0 Å². The molecule has 0 saturated carbocycles. The molecule has 0 aliphatic carbocycles. The van der Waals surface area contributed by atoms with Crippen LogP contribution in [-0.2, 0) is 6.54 Å². The molecule has 1 amide bonds. The fourth-order valence-corrected chi connectivity index (χ4v) is 3.55. The zero-order valence-corrected chi connectivity index (χ0v) is 16.4.